The molecule has 0 bridgehead atoms. The molecule has 1 aromatic carbocycles. The number of phenols is 1. The Kier molecular flexibility index (Phi) is 6.16. The van der Waals surface area contributed by atoms with Crippen molar-refractivity contribution in [2.45, 2.75) is 19.3 Å². The molecule has 0 aliphatic rings. The molecule has 3 nitrogen and oxygen atoms in total. The van der Waals surface area contributed by atoms with E-state index >= 15 is 0 Å². The van der Waals surface area contributed by atoms with Crippen LogP contribution in [0.15, 0.2) is 18.2 Å². The van der Waals surface area contributed by atoms with Crippen molar-refractivity contribution >= 4 is 29.1 Å². The Morgan fingerprint density at radius 1 is 1.41 bits per heavy atom. The summed E-state index contributed by atoms with van der Waals surface area (Å²) in [5.74, 6) is 0.666. The van der Waals surface area contributed by atoms with Gasteiger partial charge in [-0.25, -0.2) is 0 Å². The summed E-state index contributed by atoms with van der Waals surface area (Å²) < 4.78 is 0. The Hall–Kier alpha value is -0.930. The molecule has 0 unspecified atom stereocenters. The highest BCUT2D eigenvalue weighted by Gasteiger charge is 2.04. The third-order valence-electron chi connectivity index (χ3n) is 2.30. The molecule has 0 spiro atoms. The van der Waals surface area contributed by atoms with Gasteiger partial charge in [-0.1, -0.05) is 11.6 Å². The van der Waals surface area contributed by atoms with Crippen molar-refractivity contribution in [1.29, 1.82) is 0 Å². The standard InChI is InChI=1S/C12H15Cl2NO2/c13-6-1-2-12(17)15-7-5-9-8-10(14)3-4-11(9)16/h3-4,8,16H,1-2,5-7H2,(H,15,17). The van der Waals surface area contributed by atoms with Crippen LogP contribution in [0, 0.1) is 0 Å². The Morgan fingerprint density at radius 2 is 2.18 bits per heavy atom. The molecule has 94 valence electrons. The zero-order valence-corrected chi connectivity index (χ0v) is 10.9. The van der Waals surface area contributed by atoms with Gasteiger partial charge in [0.05, 0.1) is 0 Å². The minimum Gasteiger partial charge on any atom is -0.508 e. The van der Waals surface area contributed by atoms with E-state index in [0.29, 0.717) is 36.7 Å². The monoisotopic (exact) mass is 275 g/mol. The average molecular weight is 276 g/mol. The molecule has 0 saturated heterocycles. The predicted molar refractivity (Wildman–Crippen MR) is 69.8 cm³/mol. The van der Waals surface area contributed by atoms with Crippen molar-refractivity contribution < 1.29 is 9.90 Å². The van der Waals surface area contributed by atoms with Crippen LogP contribution in [-0.2, 0) is 11.2 Å². The summed E-state index contributed by atoms with van der Waals surface area (Å²) in [6, 6.07) is 4.87. The zero-order valence-electron chi connectivity index (χ0n) is 9.38. The van der Waals surface area contributed by atoms with Crippen LogP contribution in [0.3, 0.4) is 0 Å². The summed E-state index contributed by atoms with van der Waals surface area (Å²) in [6.45, 7) is 0.481. The highest BCUT2D eigenvalue weighted by Crippen LogP contribution is 2.21. The molecular formula is C12H15Cl2NO2. The Labute approximate surface area is 111 Å². The number of carbonyl (C=O) groups excluding carboxylic acids is 1. The summed E-state index contributed by atoms with van der Waals surface area (Å²) >= 11 is 11.3. The summed E-state index contributed by atoms with van der Waals surface area (Å²) in [4.78, 5) is 11.3. The van der Waals surface area contributed by atoms with Gasteiger partial charge < -0.3 is 10.4 Å². The summed E-state index contributed by atoms with van der Waals surface area (Å²) in [5.41, 5.74) is 0.732. The van der Waals surface area contributed by atoms with Gasteiger partial charge >= 0.3 is 0 Å². The molecule has 0 radical (unpaired) electrons. The van der Waals surface area contributed by atoms with E-state index in [0.717, 1.165) is 5.56 Å². The minimum atomic E-state index is -0.0211. The molecule has 0 atom stereocenters. The fourth-order valence-electron chi connectivity index (χ4n) is 1.41. The van der Waals surface area contributed by atoms with Crippen molar-refractivity contribution in [2.24, 2.45) is 0 Å². The minimum absolute atomic E-state index is 0.0211. The molecule has 5 heteroatoms. The molecule has 0 aromatic heterocycles. The zero-order chi connectivity index (χ0) is 12.7. The number of halogens is 2. The van der Waals surface area contributed by atoms with Crippen LogP contribution in [0.25, 0.3) is 0 Å². The van der Waals surface area contributed by atoms with E-state index in [-0.39, 0.29) is 11.7 Å². The van der Waals surface area contributed by atoms with E-state index in [1.54, 1.807) is 18.2 Å². The van der Waals surface area contributed by atoms with E-state index in [4.69, 9.17) is 23.2 Å². The number of aromatic hydroxyl groups is 1. The van der Waals surface area contributed by atoms with Crippen LogP contribution < -0.4 is 5.32 Å². The molecule has 0 fully saturated rings. The third kappa shape index (κ3) is 5.29. The van der Waals surface area contributed by atoms with Gasteiger partial charge in [0.2, 0.25) is 5.91 Å². The summed E-state index contributed by atoms with van der Waals surface area (Å²) in [7, 11) is 0. The molecule has 1 aromatic rings. The van der Waals surface area contributed by atoms with E-state index < -0.39 is 0 Å². The van der Waals surface area contributed by atoms with Gasteiger partial charge in [-0.3, -0.25) is 4.79 Å². The lowest BCUT2D eigenvalue weighted by atomic mass is 10.1. The van der Waals surface area contributed by atoms with Crippen LogP contribution in [0.5, 0.6) is 5.75 Å². The topological polar surface area (TPSA) is 49.3 Å². The normalized spacial score (nSPS) is 10.2. The number of alkyl halides is 1. The van der Waals surface area contributed by atoms with Gasteiger partial charge in [0, 0.05) is 23.9 Å². The lowest BCUT2D eigenvalue weighted by Crippen LogP contribution is -2.25. The maximum atomic E-state index is 11.3. The van der Waals surface area contributed by atoms with Crippen LogP contribution >= 0.6 is 23.2 Å². The van der Waals surface area contributed by atoms with Crippen molar-refractivity contribution in [1.82, 2.24) is 5.32 Å². The van der Waals surface area contributed by atoms with Crippen LogP contribution in [-0.4, -0.2) is 23.4 Å². The second-order valence-corrected chi connectivity index (χ2v) is 4.48. The largest absolute Gasteiger partial charge is 0.508 e. The Balaban J connectivity index is 2.35. The fourth-order valence-corrected chi connectivity index (χ4v) is 1.74. The van der Waals surface area contributed by atoms with Crippen molar-refractivity contribution in [3.63, 3.8) is 0 Å². The molecule has 0 saturated carbocycles. The molecule has 2 N–H and O–H groups in total. The molecule has 0 aliphatic heterocycles. The SMILES string of the molecule is O=C(CCCCl)NCCc1cc(Cl)ccc1O. The number of carbonyl (C=O) groups is 1. The highest BCUT2D eigenvalue weighted by molar-refractivity contribution is 6.30. The number of benzene rings is 1. The number of rotatable bonds is 6. The van der Waals surface area contributed by atoms with Gasteiger partial charge in [0.25, 0.3) is 0 Å². The van der Waals surface area contributed by atoms with Gasteiger partial charge in [-0.05, 0) is 36.6 Å². The van der Waals surface area contributed by atoms with Crippen LogP contribution in [0.2, 0.25) is 5.02 Å². The lowest BCUT2D eigenvalue weighted by molar-refractivity contribution is -0.121. The van der Waals surface area contributed by atoms with E-state index in [9.17, 15) is 9.90 Å². The van der Waals surface area contributed by atoms with Crippen molar-refractivity contribution in [2.75, 3.05) is 12.4 Å². The third-order valence-corrected chi connectivity index (χ3v) is 2.80. The summed E-state index contributed by atoms with van der Waals surface area (Å²) in [6.07, 6.45) is 1.67. The first-order valence-electron chi connectivity index (χ1n) is 5.43. The number of nitrogens with one attached hydrogen (secondary N) is 1. The smallest absolute Gasteiger partial charge is 0.220 e. The van der Waals surface area contributed by atoms with E-state index in [1.165, 1.54) is 0 Å². The number of hydrogen-bond donors (Lipinski definition) is 2. The Bertz CT molecular complexity index is 383. The fraction of sp³-hybridized carbons (Fsp3) is 0.417. The molecule has 1 amide bonds. The maximum absolute atomic E-state index is 11.3. The Morgan fingerprint density at radius 3 is 2.88 bits per heavy atom. The number of amides is 1. The molecule has 1 rings (SSSR count). The van der Waals surface area contributed by atoms with E-state index in [2.05, 4.69) is 5.32 Å². The van der Waals surface area contributed by atoms with Crippen LogP contribution in [0.4, 0.5) is 0 Å². The van der Waals surface area contributed by atoms with Gasteiger partial charge in [0.1, 0.15) is 5.75 Å². The quantitative estimate of drug-likeness (QED) is 0.785. The first-order chi connectivity index (χ1) is 8.13. The van der Waals surface area contributed by atoms with Crippen LogP contribution in [0.1, 0.15) is 18.4 Å². The number of hydrogen-bond acceptors (Lipinski definition) is 2. The highest BCUT2D eigenvalue weighted by atomic mass is 35.5. The average Bonchev–Trinajstić information content (AvgIpc) is 2.31. The van der Waals surface area contributed by atoms with Gasteiger partial charge in [0.15, 0.2) is 0 Å². The second-order valence-electron chi connectivity index (χ2n) is 3.67. The molecular weight excluding hydrogens is 261 g/mol. The maximum Gasteiger partial charge on any atom is 0.220 e. The molecule has 0 heterocycles. The van der Waals surface area contributed by atoms with Crippen molar-refractivity contribution in [3.05, 3.63) is 28.8 Å². The summed E-state index contributed by atoms with van der Waals surface area (Å²) in [5, 5.41) is 12.9. The van der Waals surface area contributed by atoms with Gasteiger partial charge in [-0.2, -0.15) is 0 Å². The first-order valence-corrected chi connectivity index (χ1v) is 6.35. The first kappa shape index (κ1) is 14.1. The lowest BCUT2D eigenvalue weighted by Gasteiger charge is -2.06. The molecule has 0 aliphatic carbocycles. The predicted octanol–water partition coefficient (Wildman–Crippen LogP) is 2.72. The molecule has 17 heavy (non-hydrogen) atoms. The second kappa shape index (κ2) is 7.41. The number of phenolic OH excluding ortho intramolecular Hbond substituents is 1. The van der Waals surface area contributed by atoms with Gasteiger partial charge in [-0.15, -0.1) is 11.6 Å². The van der Waals surface area contributed by atoms with E-state index in [1.807, 2.05) is 0 Å². The van der Waals surface area contributed by atoms with Crippen molar-refractivity contribution in [3.8, 4) is 5.75 Å².